The second-order valence-electron chi connectivity index (χ2n) is 4.19. The molecule has 1 aromatic rings. The summed E-state index contributed by atoms with van der Waals surface area (Å²) in [5, 5.41) is 7.12. The molecule has 1 aromatic carbocycles. The maximum absolute atomic E-state index is 13.6. The van der Waals surface area contributed by atoms with Crippen LogP contribution < -0.4 is 0 Å². The van der Waals surface area contributed by atoms with Gasteiger partial charge in [0.2, 0.25) is 0 Å². The van der Waals surface area contributed by atoms with Gasteiger partial charge in [-0.1, -0.05) is 28.1 Å². The van der Waals surface area contributed by atoms with Crippen LogP contribution in [0.3, 0.4) is 0 Å². The number of rotatable bonds is 2. The number of carboxylic acids is 1. The van der Waals surface area contributed by atoms with Gasteiger partial charge >= 0.3 is 18.2 Å². The first-order chi connectivity index (χ1) is 9.55. The summed E-state index contributed by atoms with van der Waals surface area (Å²) in [4.78, 5) is 10.1. The van der Waals surface area contributed by atoms with E-state index in [0.29, 0.717) is 13.1 Å². The molecule has 118 valence electrons. The van der Waals surface area contributed by atoms with Crippen LogP contribution in [0.15, 0.2) is 28.7 Å². The Kier molecular flexibility index (Phi) is 5.68. The highest BCUT2D eigenvalue weighted by atomic mass is 79.9. The average Bonchev–Trinajstić information content (AvgIpc) is 2.25. The molecule has 1 saturated heterocycles. The number of carboxylic acid groups (broad SMARTS) is 1. The summed E-state index contributed by atoms with van der Waals surface area (Å²) in [5.74, 6) is -2.76. The summed E-state index contributed by atoms with van der Waals surface area (Å²) < 4.78 is 59.8. The Bertz CT molecular complexity index is 485. The van der Waals surface area contributed by atoms with Gasteiger partial charge in [0.25, 0.3) is 0 Å². The summed E-state index contributed by atoms with van der Waals surface area (Å²) >= 11 is 3.22. The number of aliphatic carboxylic acids is 1. The van der Waals surface area contributed by atoms with Crippen molar-refractivity contribution in [3.63, 3.8) is 0 Å². The van der Waals surface area contributed by atoms with E-state index in [2.05, 4.69) is 15.9 Å². The normalized spacial score (nSPS) is 15.7. The highest BCUT2D eigenvalue weighted by molar-refractivity contribution is 9.10. The topological polar surface area (TPSA) is 40.5 Å². The molecular formula is C12H11BrF5NO2. The van der Waals surface area contributed by atoms with Gasteiger partial charge in [-0.25, -0.2) is 9.69 Å². The van der Waals surface area contributed by atoms with E-state index in [1.165, 1.54) is 17.0 Å². The van der Waals surface area contributed by atoms with Crippen LogP contribution in [0.2, 0.25) is 0 Å². The van der Waals surface area contributed by atoms with Crippen LogP contribution in [-0.4, -0.2) is 35.2 Å². The molecule has 0 aromatic heterocycles. The minimum absolute atomic E-state index is 0.0698. The summed E-state index contributed by atoms with van der Waals surface area (Å²) in [6, 6.07) is 3.40. The van der Waals surface area contributed by atoms with E-state index in [-0.39, 0.29) is 5.56 Å². The number of nitrogens with zero attached hydrogens (tertiary/aromatic N) is 1. The molecular weight excluding hydrogens is 365 g/mol. The zero-order valence-corrected chi connectivity index (χ0v) is 12.1. The Morgan fingerprint density at radius 3 is 1.81 bits per heavy atom. The fourth-order valence-corrected chi connectivity index (χ4v) is 1.69. The van der Waals surface area contributed by atoms with Gasteiger partial charge in [0.05, 0.1) is 0 Å². The quantitative estimate of drug-likeness (QED) is 0.630. The van der Waals surface area contributed by atoms with Gasteiger partial charge in [0.1, 0.15) is 0 Å². The summed E-state index contributed by atoms with van der Waals surface area (Å²) in [6.45, 7) is 0.978. The Balaban J connectivity index is 0.000000270. The number of hydrogen-bond donors (Lipinski definition) is 1. The van der Waals surface area contributed by atoms with Crippen molar-refractivity contribution in [2.24, 2.45) is 0 Å². The van der Waals surface area contributed by atoms with Gasteiger partial charge < -0.3 is 5.11 Å². The van der Waals surface area contributed by atoms with Crippen molar-refractivity contribution < 1.29 is 31.9 Å². The Hall–Kier alpha value is -1.22. The average molecular weight is 376 g/mol. The second-order valence-corrected chi connectivity index (χ2v) is 5.11. The molecule has 0 aliphatic carbocycles. The lowest BCUT2D eigenvalue weighted by molar-refractivity contribution is -0.192. The molecule has 0 atom stereocenters. The van der Waals surface area contributed by atoms with Crippen molar-refractivity contribution in [3.05, 3.63) is 34.3 Å². The molecule has 3 nitrogen and oxygen atoms in total. The monoisotopic (exact) mass is 375 g/mol. The molecule has 0 unspecified atom stereocenters. The second kappa shape index (κ2) is 6.69. The van der Waals surface area contributed by atoms with E-state index in [0.717, 1.165) is 10.9 Å². The Labute approximate surface area is 125 Å². The van der Waals surface area contributed by atoms with Gasteiger partial charge in [0, 0.05) is 23.1 Å². The predicted molar refractivity (Wildman–Crippen MR) is 67.9 cm³/mol. The fraction of sp³-hybridized carbons (Fsp3) is 0.417. The molecule has 1 N–H and O–H groups in total. The third kappa shape index (κ3) is 4.92. The first kappa shape index (κ1) is 17.8. The molecule has 0 bridgehead atoms. The Morgan fingerprint density at radius 1 is 1.10 bits per heavy atom. The number of halogens is 6. The highest BCUT2D eigenvalue weighted by Gasteiger charge is 2.41. The molecule has 1 fully saturated rings. The third-order valence-corrected chi connectivity index (χ3v) is 3.22. The lowest BCUT2D eigenvalue weighted by atomic mass is 10.1. The van der Waals surface area contributed by atoms with E-state index in [1.807, 2.05) is 0 Å². The molecule has 21 heavy (non-hydrogen) atoms. The smallest absolute Gasteiger partial charge is 0.475 e. The summed E-state index contributed by atoms with van der Waals surface area (Å²) in [7, 11) is 0. The summed E-state index contributed by atoms with van der Waals surface area (Å²) in [5.41, 5.74) is 0.0698. The molecule has 0 saturated carbocycles. The maximum atomic E-state index is 13.6. The highest BCUT2D eigenvalue weighted by Crippen LogP contribution is 2.35. The van der Waals surface area contributed by atoms with Crippen molar-refractivity contribution >= 4 is 21.9 Å². The number of alkyl halides is 5. The van der Waals surface area contributed by atoms with Gasteiger partial charge in [-0.3, -0.25) is 0 Å². The predicted octanol–water partition coefficient (Wildman–Crippen LogP) is 3.84. The van der Waals surface area contributed by atoms with E-state index in [9.17, 15) is 22.0 Å². The molecule has 1 aliphatic heterocycles. The molecule has 1 heterocycles. The van der Waals surface area contributed by atoms with Crippen LogP contribution in [0.4, 0.5) is 22.0 Å². The van der Waals surface area contributed by atoms with Crippen LogP contribution in [0.25, 0.3) is 0 Å². The van der Waals surface area contributed by atoms with E-state index < -0.39 is 18.2 Å². The number of likely N-dealkylation sites (tertiary alicyclic amines) is 1. The van der Waals surface area contributed by atoms with Crippen LogP contribution in [0.5, 0.6) is 0 Å². The number of benzene rings is 1. The standard InChI is InChI=1S/C10H10BrF2N.C2HF3O2/c11-9-4-2-8(3-5-9)10(12,13)14-6-1-7-14;3-2(4,5)1(6)7/h2-5H,1,6-7H2;(H,6,7). The van der Waals surface area contributed by atoms with Gasteiger partial charge in [-0.15, -0.1) is 0 Å². The first-order valence-corrected chi connectivity index (χ1v) is 6.53. The van der Waals surface area contributed by atoms with Crippen molar-refractivity contribution in [2.45, 2.75) is 18.6 Å². The van der Waals surface area contributed by atoms with E-state index >= 15 is 0 Å². The van der Waals surface area contributed by atoms with Gasteiger partial charge in [-0.2, -0.15) is 22.0 Å². The molecule has 2 rings (SSSR count). The zero-order chi connectivity index (χ0) is 16.3. The van der Waals surface area contributed by atoms with Crippen molar-refractivity contribution in [2.75, 3.05) is 13.1 Å². The lowest BCUT2D eigenvalue weighted by Crippen LogP contribution is -2.48. The lowest BCUT2D eigenvalue weighted by Gasteiger charge is -2.37. The SMILES string of the molecule is FC(F)(c1ccc(Br)cc1)N1CCC1.O=C(O)C(F)(F)F. The zero-order valence-electron chi connectivity index (χ0n) is 10.5. The van der Waals surface area contributed by atoms with E-state index in [1.54, 1.807) is 12.1 Å². The van der Waals surface area contributed by atoms with Crippen molar-refractivity contribution in [1.82, 2.24) is 4.90 Å². The largest absolute Gasteiger partial charge is 0.490 e. The molecule has 0 radical (unpaired) electrons. The fourth-order valence-electron chi connectivity index (χ4n) is 1.43. The van der Waals surface area contributed by atoms with Crippen LogP contribution in [0, 0.1) is 0 Å². The first-order valence-electron chi connectivity index (χ1n) is 5.74. The van der Waals surface area contributed by atoms with Crippen LogP contribution in [-0.2, 0) is 10.8 Å². The van der Waals surface area contributed by atoms with Crippen molar-refractivity contribution in [3.8, 4) is 0 Å². The minimum Gasteiger partial charge on any atom is -0.475 e. The van der Waals surface area contributed by atoms with E-state index in [4.69, 9.17) is 9.90 Å². The van der Waals surface area contributed by atoms with Crippen LogP contribution >= 0.6 is 15.9 Å². The minimum atomic E-state index is -5.08. The molecule has 1 aliphatic rings. The van der Waals surface area contributed by atoms with Gasteiger partial charge in [0.15, 0.2) is 0 Å². The molecule has 9 heteroatoms. The Morgan fingerprint density at radius 2 is 1.52 bits per heavy atom. The number of hydrogen-bond acceptors (Lipinski definition) is 2. The van der Waals surface area contributed by atoms with Crippen LogP contribution in [0.1, 0.15) is 12.0 Å². The molecule has 0 amide bonds. The maximum Gasteiger partial charge on any atom is 0.490 e. The molecule has 0 spiro atoms. The third-order valence-electron chi connectivity index (χ3n) is 2.69. The van der Waals surface area contributed by atoms with Crippen molar-refractivity contribution in [1.29, 1.82) is 0 Å². The number of carbonyl (C=O) groups is 1. The summed E-state index contributed by atoms with van der Waals surface area (Å²) in [6.07, 6.45) is -4.22. The van der Waals surface area contributed by atoms with Gasteiger partial charge in [-0.05, 0) is 18.6 Å².